The van der Waals surface area contributed by atoms with Crippen LogP contribution in [-0.4, -0.2) is 52.8 Å². The molecule has 0 atom stereocenters. The van der Waals surface area contributed by atoms with Crippen molar-refractivity contribution >= 4 is 7.82 Å². The molecule has 0 aromatic heterocycles. The van der Waals surface area contributed by atoms with Gasteiger partial charge in [0.2, 0.25) is 0 Å². The van der Waals surface area contributed by atoms with Gasteiger partial charge < -0.3 is 14.3 Å². The molecule has 1 rings (SSSR count). The molecule has 0 aliphatic carbocycles. The van der Waals surface area contributed by atoms with Gasteiger partial charge in [0.25, 0.3) is 0 Å². The van der Waals surface area contributed by atoms with Crippen molar-refractivity contribution in [1.29, 1.82) is 0 Å². The van der Waals surface area contributed by atoms with Crippen molar-refractivity contribution in [3.8, 4) is 0 Å². The smallest absolute Gasteiger partial charge is 0.402 e. The first-order valence-corrected chi connectivity index (χ1v) is 7.49. The molecule has 1 aliphatic heterocycles. The van der Waals surface area contributed by atoms with E-state index in [0.29, 0.717) is 13.1 Å². The lowest BCUT2D eigenvalue weighted by molar-refractivity contribution is 0.170. The van der Waals surface area contributed by atoms with Crippen LogP contribution in [0.2, 0.25) is 0 Å². The predicted molar refractivity (Wildman–Crippen MR) is 69.8 cm³/mol. The molecule has 0 unspecified atom stereocenters. The van der Waals surface area contributed by atoms with Crippen molar-refractivity contribution in [2.24, 2.45) is 0 Å². The van der Waals surface area contributed by atoms with Crippen molar-refractivity contribution in [2.45, 2.75) is 13.8 Å². The zero-order valence-corrected chi connectivity index (χ0v) is 12.2. The second kappa shape index (κ2) is 6.52. The number of likely N-dealkylation sites (N-methyl/N-ethyl adjacent to an activating group) is 1. The molecule has 8 heteroatoms. The van der Waals surface area contributed by atoms with Gasteiger partial charge in [0.05, 0.1) is 0 Å². The first-order chi connectivity index (χ1) is 8.74. The van der Waals surface area contributed by atoms with Gasteiger partial charge in [0.1, 0.15) is 11.5 Å². The van der Waals surface area contributed by atoms with E-state index in [-0.39, 0.29) is 11.5 Å². The highest BCUT2D eigenvalue weighted by Crippen LogP contribution is 2.41. The predicted octanol–water partition coefficient (Wildman–Crippen LogP) is 1.45. The molecule has 0 aromatic carbocycles. The molecule has 0 spiro atoms. The molecular formula is C11H20FN2O4P. The fourth-order valence-corrected chi connectivity index (χ4v) is 2.38. The lowest BCUT2D eigenvalue weighted by atomic mass is 10.2. The summed E-state index contributed by atoms with van der Waals surface area (Å²) in [6, 6.07) is 0. The Bertz CT molecular complexity index is 420. The number of hydrogen-bond acceptors (Lipinski definition) is 4. The molecule has 6 nitrogen and oxygen atoms in total. The maximum absolute atomic E-state index is 13.7. The van der Waals surface area contributed by atoms with Gasteiger partial charge in [-0.3, -0.25) is 9.79 Å². The number of nitrogens with zero attached hydrogens (tertiary/aromatic N) is 2. The van der Waals surface area contributed by atoms with Crippen LogP contribution in [0.3, 0.4) is 0 Å². The largest absolute Gasteiger partial charge is 0.524 e. The number of rotatable bonds is 4. The van der Waals surface area contributed by atoms with Gasteiger partial charge in [-0.25, -0.2) is 8.96 Å². The molecule has 110 valence electrons. The Morgan fingerprint density at radius 2 is 1.84 bits per heavy atom. The Morgan fingerprint density at radius 1 is 1.32 bits per heavy atom. The first kappa shape index (κ1) is 16.2. The summed E-state index contributed by atoms with van der Waals surface area (Å²) in [6.45, 7) is 5.46. The Balaban J connectivity index is 2.95. The summed E-state index contributed by atoms with van der Waals surface area (Å²) in [4.78, 5) is 21.6. The summed E-state index contributed by atoms with van der Waals surface area (Å²) in [5.41, 5.74) is 0.110. The normalized spacial score (nSPS) is 20.3. The van der Waals surface area contributed by atoms with Crippen LogP contribution in [0.15, 0.2) is 23.4 Å². The van der Waals surface area contributed by atoms with E-state index in [9.17, 15) is 8.96 Å². The molecule has 0 bridgehead atoms. The molecule has 19 heavy (non-hydrogen) atoms. The zero-order chi connectivity index (χ0) is 14.6. The topological polar surface area (TPSA) is 73.2 Å². The van der Waals surface area contributed by atoms with Gasteiger partial charge in [0.15, 0.2) is 5.76 Å². The number of halogens is 1. The van der Waals surface area contributed by atoms with Crippen molar-refractivity contribution < 1.29 is 23.3 Å². The maximum Gasteiger partial charge on any atom is 0.524 e. The van der Waals surface area contributed by atoms with Gasteiger partial charge in [-0.05, 0) is 27.0 Å². The molecule has 1 fully saturated rings. The van der Waals surface area contributed by atoms with Crippen LogP contribution in [0.5, 0.6) is 0 Å². The first-order valence-electron chi connectivity index (χ1n) is 5.96. The second-order valence-electron chi connectivity index (χ2n) is 4.41. The SMILES string of the molecule is CC=C(OP(=O)(O)O)C(=C(C)F)N1CCN(C)CC1. The van der Waals surface area contributed by atoms with E-state index in [4.69, 9.17) is 9.79 Å². The highest BCUT2D eigenvalue weighted by atomic mass is 31.2. The van der Waals surface area contributed by atoms with E-state index < -0.39 is 13.6 Å². The molecule has 0 saturated carbocycles. The third kappa shape index (κ3) is 4.95. The summed E-state index contributed by atoms with van der Waals surface area (Å²) in [7, 11) is -2.74. The Morgan fingerprint density at radius 3 is 2.21 bits per heavy atom. The number of phosphoric ester groups is 1. The monoisotopic (exact) mass is 294 g/mol. The Kier molecular flexibility index (Phi) is 5.55. The number of phosphoric acid groups is 1. The Labute approximate surface area is 112 Å². The third-order valence-electron chi connectivity index (χ3n) is 2.86. The van der Waals surface area contributed by atoms with Crippen molar-refractivity contribution in [3.05, 3.63) is 23.4 Å². The van der Waals surface area contributed by atoms with Gasteiger partial charge in [0, 0.05) is 26.2 Å². The van der Waals surface area contributed by atoms with Crippen LogP contribution in [-0.2, 0) is 9.09 Å². The lowest BCUT2D eigenvalue weighted by Gasteiger charge is -2.36. The standard InChI is InChI=1S/C11H20FN2O4P/c1-4-10(18-19(15,16)17)11(9(2)12)14-7-5-13(3)6-8-14/h4H,5-8H2,1-3H3,(H2,15,16,17). The van der Waals surface area contributed by atoms with Crippen LogP contribution in [0.1, 0.15) is 13.8 Å². The van der Waals surface area contributed by atoms with Crippen molar-refractivity contribution in [3.63, 3.8) is 0 Å². The van der Waals surface area contributed by atoms with E-state index in [2.05, 4.69) is 9.42 Å². The van der Waals surface area contributed by atoms with Crippen molar-refractivity contribution in [1.82, 2.24) is 9.80 Å². The number of piperazine rings is 1. The summed E-state index contributed by atoms with van der Waals surface area (Å²) in [5.74, 6) is -0.649. The molecule has 2 N–H and O–H groups in total. The van der Waals surface area contributed by atoms with Crippen molar-refractivity contribution in [2.75, 3.05) is 33.2 Å². The summed E-state index contributed by atoms with van der Waals surface area (Å²) < 4.78 is 29.2. The maximum atomic E-state index is 13.7. The third-order valence-corrected chi connectivity index (χ3v) is 3.29. The molecule has 1 aliphatic rings. The van der Waals surface area contributed by atoms with Gasteiger partial charge in [-0.1, -0.05) is 0 Å². The van der Waals surface area contributed by atoms with Crippen LogP contribution in [0, 0.1) is 0 Å². The molecule has 0 amide bonds. The van der Waals surface area contributed by atoms with Crippen LogP contribution in [0.4, 0.5) is 4.39 Å². The second-order valence-corrected chi connectivity index (χ2v) is 5.57. The van der Waals surface area contributed by atoms with Gasteiger partial charge >= 0.3 is 7.82 Å². The van der Waals surface area contributed by atoms with E-state index >= 15 is 0 Å². The molecular weight excluding hydrogens is 274 g/mol. The zero-order valence-electron chi connectivity index (χ0n) is 11.3. The molecule has 0 radical (unpaired) electrons. The summed E-state index contributed by atoms with van der Waals surface area (Å²) in [5, 5.41) is 0. The van der Waals surface area contributed by atoms with Gasteiger partial charge in [-0.15, -0.1) is 0 Å². The average molecular weight is 294 g/mol. The van der Waals surface area contributed by atoms with Crippen LogP contribution < -0.4 is 0 Å². The lowest BCUT2D eigenvalue weighted by Crippen LogP contribution is -2.44. The highest BCUT2D eigenvalue weighted by molar-refractivity contribution is 7.46. The number of allylic oxidation sites excluding steroid dienone is 2. The molecule has 0 aromatic rings. The summed E-state index contributed by atoms with van der Waals surface area (Å²) >= 11 is 0. The molecule has 1 saturated heterocycles. The van der Waals surface area contributed by atoms with E-state index in [1.54, 1.807) is 11.8 Å². The minimum Gasteiger partial charge on any atom is -0.402 e. The quantitative estimate of drug-likeness (QED) is 0.464. The van der Waals surface area contributed by atoms with E-state index in [1.165, 1.54) is 13.0 Å². The minimum atomic E-state index is -4.70. The average Bonchev–Trinajstić information content (AvgIpc) is 2.28. The minimum absolute atomic E-state index is 0.110. The van der Waals surface area contributed by atoms with E-state index in [1.807, 2.05) is 7.05 Å². The highest BCUT2D eigenvalue weighted by Gasteiger charge is 2.26. The van der Waals surface area contributed by atoms with Gasteiger partial charge in [-0.2, -0.15) is 0 Å². The molecule has 1 heterocycles. The summed E-state index contributed by atoms with van der Waals surface area (Å²) in [6.07, 6.45) is 1.36. The van der Waals surface area contributed by atoms with Crippen LogP contribution >= 0.6 is 7.82 Å². The fraction of sp³-hybridized carbons (Fsp3) is 0.636. The number of hydrogen-bond donors (Lipinski definition) is 2. The fourth-order valence-electron chi connectivity index (χ4n) is 1.93. The Hall–Kier alpha value is -0.880. The van der Waals surface area contributed by atoms with Crippen LogP contribution in [0.25, 0.3) is 0 Å². The van der Waals surface area contributed by atoms with E-state index in [0.717, 1.165) is 13.1 Å².